The number of unbranched alkanes of at least 4 members (excludes halogenated alkanes) is 1. The van der Waals surface area contributed by atoms with Crippen LogP contribution in [0.2, 0.25) is 0 Å². The number of hydrogen-bond acceptors (Lipinski definition) is 6. The van der Waals surface area contributed by atoms with E-state index < -0.39 is 0 Å². The number of benzene rings is 1. The number of nitrogens with zero attached hydrogens (tertiary/aromatic N) is 8. The van der Waals surface area contributed by atoms with E-state index in [0.29, 0.717) is 18.3 Å². The van der Waals surface area contributed by atoms with E-state index in [4.69, 9.17) is 0 Å². The molecule has 0 aliphatic heterocycles. The lowest BCUT2D eigenvalue weighted by atomic mass is 9.96. The fourth-order valence-corrected chi connectivity index (χ4v) is 4.16. The minimum atomic E-state index is -0.123. The first-order valence-electron chi connectivity index (χ1n) is 11.2. The van der Waals surface area contributed by atoms with E-state index >= 15 is 0 Å². The molecule has 0 aliphatic carbocycles. The van der Waals surface area contributed by atoms with Crippen molar-refractivity contribution < 1.29 is 0 Å². The monoisotopic (exact) mass is 455 g/mol. The number of pyridine rings is 1. The van der Waals surface area contributed by atoms with Crippen LogP contribution in [-0.2, 0) is 20.0 Å². The molecule has 0 fully saturated rings. The highest BCUT2D eigenvalue weighted by Gasteiger charge is 2.18. The summed E-state index contributed by atoms with van der Waals surface area (Å²) in [6.45, 7) is 2.53. The van der Waals surface area contributed by atoms with Crippen LogP contribution < -0.4 is 5.69 Å². The number of aryl methyl sites for hydroxylation is 2. The lowest BCUT2D eigenvalue weighted by Gasteiger charge is -2.13. The van der Waals surface area contributed by atoms with Crippen LogP contribution in [0.25, 0.3) is 28.5 Å². The molecule has 0 amide bonds. The maximum absolute atomic E-state index is 13.5. The third-order valence-electron chi connectivity index (χ3n) is 5.90. The Hall–Kier alpha value is -4.34. The summed E-state index contributed by atoms with van der Waals surface area (Å²) in [6.07, 6.45) is 11.8. The molecule has 5 rings (SSSR count). The normalized spacial score (nSPS) is 11.2. The average molecular weight is 456 g/mol. The van der Waals surface area contributed by atoms with E-state index in [9.17, 15) is 4.79 Å². The van der Waals surface area contributed by atoms with Gasteiger partial charge < -0.3 is 4.57 Å². The summed E-state index contributed by atoms with van der Waals surface area (Å²) in [7, 11) is 1.88. The molecule has 172 valence electrons. The topological polar surface area (TPSA) is 112 Å². The molecule has 4 heterocycles. The molecule has 5 aromatic rings. The van der Waals surface area contributed by atoms with Crippen molar-refractivity contribution in [2.75, 3.05) is 0 Å². The van der Waals surface area contributed by atoms with Crippen molar-refractivity contribution in [3.8, 4) is 28.5 Å². The molecule has 4 aromatic heterocycles. The quantitative estimate of drug-likeness (QED) is 0.385. The molecular formula is C24H25N9O. The maximum atomic E-state index is 13.5. The number of aromatic nitrogens is 9. The zero-order chi connectivity index (χ0) is 23.5. The van der Waals surface area contributed by atoms with Crippen LogP contribution in [0, 0.1) is 0 Å². The van der Waals surface area contributed by atoms with Gasteiger partial charge in [0.1, 0.15) is 0 Å². The van der Waals surface area contributed by atoms with Crippen LogP contribution >= 0.6 is 0 Å². The van der Waals surface area contributed by atoms with Crippen molar-refractivity contribution in [1.29, 1.82) is 0 Å². The number of H-pyrrole nitrogens is 1. The summed E-state index contributed by atoms with van der Waals surface area (Å²) in [5.74, 6) is 1.11. The summed E-state index contributed by atoms with van der Waals surface area (Å²) in [5, 5.41) is 14.5. The number of aromatic amines is 1. The fourth-order valence-electron chi connectivity index (χ4n) is 4.16. The first-order valence-corrected chi connectivity index (χ1v) is 11.2. The number of imidazole rings is 2. The summed E-state index contributed by atoms with van der Waals surface area (Å²) in [6, 6.07) is 9.85. The van der Waals surface area contributed by atoms with Crippen LogP contribution in [0.3, 0.4) is 0 Å². The minimum absolute atomic E-state index is 0.123. The molecule has 1 aromatic carbocycles. The van der Waals surface area contributed by atoms with Crippen LogP contribution in [0.5, 0.6) is 0 Å². The van der Waals surface area contributed by atoms with Crippen LogP contribution in [0.4, 0.5) is 0 Å². The molecule has 10 heteroatoms. The second-order valence-corrected chi connectivity index (χ2v) is 8.11. The smallest absolute Gasteiger partial charge is 0.320 e. The van der Waals surface area contributed by atoms with Crippen molar-refractivity contribution >= 4 is 0 Å². The van der Waals surface area contributed by atoms with E-state index in [1.165, 1.54) is 0 Å². The zero-order valence-corrected chi connectivity index (χ0v) is 19.1. The Morgan fingerprint density at radius 1 is 1.06 bits per heavy atom. The fraction of sp³-hybridized carbons (Fsp3) is 0.250. The molecule has 1 N–H and O–H groups in total. The van der Waals surface area contributed by atoms with Gasteiger partial charge in [0, 0.05) is 49.3 Å². The number of nitrogens with one attached hydrogen (secondary N) is 1. The Kier molecular flexibility index (Phi) is 5.86. The molecular weight excluding hydrogens is 430 g/mol. The van der Waals surface area contributed by atoms with Gasteiger partial charge in [0.2, 0.25) is 11.8 Å². The molecule has 0 unspecified atom stereocenters. The third-order valence-corrected chi connectivity index (χ3v) is 5.90. The molecule has 34 heavy (non-hydrogen) atoms. The largest absolute Gasteiger partial charge is 0.335 e. The molecule has 0 atom stereocenters. The van der Waals surface area contributed by atoms with Gasteiger partial charge in [-0.25, -0.2) is 14.3 Å². The second kappa shape index (κ2) is 9.26. The Morgan fingerprint density at radius 2 is 1.91 bits per heavy atom. The summed E-state index contributed by atoms with van der Waals surface area (Å²) < 4.78 is 5.28. The van der Waals surface area contributed by atoms with E-state index in [1.807, 2.05) is 65.1 Å². The maximum Gasteiger partial charge on any atom is 0.335 e. The molecule has 0 saturated heterocycles. The Balaban J connectivity index is 1.61. The predicted molar refractivity (Wildman–Crippen MR) is 127 cm³/mol. The van der Waals surface area contributed by atoms with Crippen LogP contribution in [0.15, 0.2) is 66.1 Å². The van der Waals surface area contributed by atoms with E-state index in [-0.39, 0.29) is 5.69 Å². The van der Waals surface area contributed by atoms with Gasteiger partial charge in [-0.3, -0.25) is 9.55 Å². The number of tetrazole rings is 1. The third kappa shape index (κ3) is 3.94. The molecule has 0 radical (unpaired) electrons. The standard InChI is InChI=1S/C24H25N9O/c1-3-4-7-18-16-33(23-26-12-13-31(23)2)24(34)32(18)15-17-14-25-11-10-19(17)20-8-5-6-9-21(20)22-27-29-30-28-22/h5-6,8-14,16H,3-4,7,15H2,1-2H3,(H,27,28,29,30). The van der Waals surface area contributed by atoms with Gasteiger partial charge in [-0.05, 0) is 40.8 Å². The van der Waals surface area contributed by atoms with Gasteiger partial charge in [0.25, 0.3) is 0 Å². The van der Waals surface area contributed by atoms with Gasteiger partial charge in [0.15, 0.2) is 0 Å². The Bertz CT molecular complexity index is 1460. The van der Waals surface area contributed by atoms with Crippen LogP contribution in [-0.4, -0.2) is 44.3 Å². The highest BCUT2D eigenvalue weighted by atomic mass is 16.1. The van der Waals surface area contributed by atoms with Gasteiger partial charge in [-0.15, -0.1) is 10.2 Å². The van der Waals surface area contributed by atoms with Crippen molar-refractivity contribution in [2.45, 2.75) is 32.7 Å². The lowest BCUT2D eigenvalue weighted by Crippen LogP contribution is -2.26. The van der Waals surface area contributed by atoms with Gasteiger partial charge in [-0.1, -0.05) is 37.6 Å². The highest BCUT2D eigenvalue weighted by Crippen LogP contribution is 2.32. The SMILES string of the molecule is CCCCc1cn(-c2nccn2C)c(=O)n1Cc1cnccc1-c1ccccc1-c1nn[nH]n1. The summed E-state index contributed by atoms with van der Waals surface area (Å²) >= 11 is 0. The molecule has 10 nitrogen and oxygen atoms in total. The van der Waals surface area contributed by atoms with Gasteiger partial charge >= 0.3 is 5.69 Å². The van der Waals surface area contributed by atoms with Crippen molar-refractivity contribution in [3.05, 3.63) is 83.1 Å². The van der Waals surface area contributed by atoms with Crippen molar-refractivity contribution in [2.24, 2.45) is 7.05 Å². The molecule has 0 bridgehead atoms. The van der Waals surface area contributed by atoms with Gasteiger partial charge in [-0.2, -0.15) is 5.21 Å². The molecule has 0 aliphatic rings. The van der Waals surface area contributed by atoms with E-state index in [1.54, 1.807) is 17.0 Å². The predicted octanol–water partition coefficient (Wildman–Crippen LogP) is 3.01. The average Bonchev–Trinajstić information content (AvgIpc) is 3.60. The zero-order valence-electron chi connectivity index (χ0n) is 19.1. The Labute approximate surface area is 195 Å². The number of rotatable bonds is 8. The first-order chi connectivity index (χ1) is 16.7. The number of hydrogen-bond donors (Lipinski definition) is 1. The van der Waals surface area contributed by atoms with Crippen molar-refractivity contribution in [1.82, 2.24) is 44.3 Å². The Morgan fingerprint density at radius 3 is 2.65 bits per heavy atom. The minimum Gasteiger partial charge on any atom is -0.320 e. The van der Waals surface area contributed by atoms with E-state index in [0.717, 1.165) is 47.2 Å². The van der Waals surface area contributed by atoms with Gasteiger partial charge in [0.05, 0.1) is 6.54 Å². The summed E-state index contributed by atoms with van der Waals surface area (Å²) in [5.41, 5.74) is 4.54. The van der Waals surface area contributed by atoms with E-state index in [2.05, 4.69) is 37.5 Å². The van der Waals surface area contributed by atoms with Crippen LogP contribution in [0.1, 0.15) is 31.0 Å². The lowest BCUT2D eigenvalue weighted by molar-refractivity contribution is 0.668. The van der Waals surface area contributed by atoms with Crippen molar-refractivity contribution in [3.63, 3.8) is 0 Å². The summed E-state index contributed by atoms with van der Waals surface area (Å²) in [4.78, 5) is 22.3. The molecule has 0 spiro atoms. The first kappa shape index (κ1) is 21.5. The highest BCUT2D eigenvalue weighted by molar-refractivity contribution is 5.81. The molecule has 0 saturated carbocycles. The second-order valence-electron chi connectivity index (χ2n) is 8.11.